The highest BCUT2D eigenvalue weighted by Gasteiger charge is 2.22. The number of halogens is 3. The second kappa shape index (κ2) is 9.49. The summed E-state index contributed by atoms with van der Waals surface area (Å²) in [6.07, 6.45) is -1.15. The molecule has 28 heavy (non-hydrogen) atoms. The van der Waals surface area contributed by atoms with Crippen LogP contribution in [0.2, 0.25) is 0 Å². The van der Waals surface area contributed by atoms with E-state index in [9.17, 15) is 22.8 Å². The van der Waals surface area contributed by atoms with Crippen LogP contribution in [0, 0.1) is 5.82 Å². The molecule has 150 valence electrons. The van der Waals surface area contributed by atoms with Crippen LogP contribution in [0.15, 0.2) is 42.5 Å². The van der Waals surface area contributed by atoms with Gasteiger partial charge in [0.1, 0.15) is 0 Å². The topological polar surface area (TPSA) is 85.9 Å². The Morgan fingerprint density at radius 1 is 0.964 bits per heavy atom. The number of amides is 2. The lowest BCUT2D eigenvalue weighted by Crippen LogP contribution is -2.47. The first-order chi connectivity index (χ1) is 13.3. The largest absolute Gasteiger partial charge is 0.493 e. The molecule has 1 atom stereocenters. The van der Waals surface area contributed by atoms with Gasteiger partial charge in [0.25, 0.3) is 11.8 Å². The lowest BCUT2D eigenvalue weighted by atomic mass is 10.1. The van der Waals surface area contributed by atoms with Crippen LogP contribution in [-0.4, -0.2) is 31.6 Å². The van der Waals surface area contributed by atoms with E-state index in [0.29, 0.717) is 0 Å². The maximum atomic E-state index is 13.6. The van der Waals surface area contributed by atoms with Gasteiger partial charge < -0.3 is 14.2 Å². The minimum atomic E-state index is -3.19. The first-order valence-corrected chi connectivity index (χ1v) is 7.96. The number of rotatable bonds is 7. The number of para-hydroxylation sites is 2. The van der Waals surface area contributed by atoms with Crippen molar-refractivity contribution in [2.75, 3.05) is 7.11 Å². The van der Waals surface area contributed by atoms with Gasteiger partial charge in [-0.2, -0.15) is 8.78 Å². The van der Waals surface area contributed by atoms with E-state index < -0.39 is 36.1 Å². The number of hydrogen-bond donors (Lipinski definition) is 2. The summed E-state index contributed by atoms with van der Waals surface area (Å²) in [6.45, 7) is -1.85. The quantitative estimate of drug-likeness (QED) is 0.701. The van der Waals surface area contributed by atoms with Crippen molar-refractivity contribution in [2.24, 2.45) is 0 Å². The van der Waals surface area contributed by atoms with Crippen molar-refractivity contribution in [1.29, 1.82) is 0 Å². The van der Waals surface area contributed by atoms with Gasteiger partial charge in [-0.15, -0.1) is 0 Å². The first-order valence-electron chi connectivity index (χ1n) is 7.96. The van der Waals surface area contributed by atoms with Gasteiger partial charge in [-0.25, -0.2) is 4.39 Å². The third kappa shape index (κ3) is 5.29. The third-order valence-electron chi connectivity index (χ3n) is 3.46. The molecular formula is C18H17F3N2O5. The lowest BCUT2D eigenvalue weighted by molar-refractivity contribution is -0.128. The molecule has 2 amide bonds. The zero-order valence-electron chi connectivity index (χ0n) is 14.9. The Labute approximate surface area is 158 Å². The molecule has 0 aliphatic heterocycles. The fourth-order valence-electron chi connectivity index (χ4n) is 2.14. The van der Waals surface area contributed by atoms with Gasteiger partial charge in [-0.3, -0.25) is 20.4 Å². The molecule has 0 aromatic heterocycles. The molecule has 0 aliphatic rings. The predicted octanol–water partition coefficient (Wildman–Crippen LogP) is 2.66. The van der Waals surface area contributed by atoms with Crippen LogP contribution in [0.4, 0.5) is 13.2 Å². The van der Waals surface area contributed by atoms with Gasteiger partial charge >= 0.3 is 6.61 Å². The molecule has 0 radical (unpaired) electrons. The van der Waals surface area contributed by atoms with E-state index in [4.69, 9.17) is 9.47 Å². The molecule has 0 heterocycles. The predicted molar refractivity (Wildman–Crippen MR) is 91.7 cm³/mol. The van der Waals surface area contributed by atoms with Gasteiger partial charge in [0, 0.05) is 0 Å². The summed E-state index contributed by atoms with van der Waals surface area (Å²) < 4.78 is 53.2. The van der Waals surface area contributed by atoms with E-state index >= 15 is 0 Å². The molecule has 2 aromatic rings. The number of benzene rings is 2. The van der Waals surface area contributed by atoms with Gasteiger partial charge in [-0.1, -0.05) is 18.2 Å². The minimum Gasteiger partial charge on any atom is -0.493 e. The minimum absolute atomic E-state index is 0.0875. The number of carbonyl (C=O) groups is 2. The monoisotopic (exact) mass is 398 g/mol. The number of ether oxygens (including phenoxy) is 3. The van der Waals surface area contributed by atoms with Crippen molar-refractivity contribution in [3.8, 4) is 17.2 Å². The van der Waals surface area contributed by atoms with E-state index in [2.05, 4.69) is 15.6 Å². The maximum Gasteiger partial charge on any atom is 0.387 e. The average Bonchev–Trinajstić information content (AvgIpc) is 2.67. The van der Waals surface area contributed by atoms with Crippen molar-refractivity contribution >= 4 is 11.8 Å². The number of hydrazine groups is 1. The number of hydrogen-bond acceptors (Lipinski definition) is 5. The molecule has 0 aliphatic carbocycles. The summed E-state index contributed by atoms with van der Waals surface area (Å²) in [5, 5.41) is 0. The lowest BCUT2D eigenvalue weighted by Gasteiger charge is -2.17. The Morgan fingerprint density at radius 2 is 1.64 bits per heavy atom. The normalized spacial score (nSPS) is 11.5. The van der Waals surface area contributed by atoms with Crippen LogP contribution in [0.25, 0.3) is 0 Å². The van der Waals surface area contributed by atoms with Gasteiger partial charge in [0.2, 0.25) is 0 Å². The fraction of sp³-hybridized carbons (Fsp3) is 0.222. The SMILES string of the molecule is COc1cccc(C(=O)NNC(=O)C(C)Oc2ccccc2F)c1OC(F)F. The zero-order chi connectivity index (χ0) is 20.7. The van der Waals surface area contributed by atoms with E-state index in [1.54, 1.807) is 0 Å². The number of carbonyl (C=O) groups excluding carboxylic acids is 2. The Hall–Kier alpha value is -3.43. The van der Waals surface area contributed by atoms with Crippen LogP contribution in [0.5, 0.6) is 17.2 Å². The molecule has 0 bridgehead atoms. The molecule has 0 fully saturated rings. The smallest absolute Gasteiger partial charge is 0.387 e. The number of alkyl halides is 2. The van der Waals surface area contributed by atoms with Crippen molar-refractivity contribution in [1.82, 2.24) is 10.9 Å². The Balaban J connectivity index is 2.03. The standard InChI is InChI=1S/C18H17F3N2O5/c1-10(27-13-8-4-3-7-12(13)19)16(24)22-23-17(25)11-6-5-9-14(26-2)15(11)28-18(20)21/h3-10,18H,1-2H3,(H,22,24)(H,23,25). The fourth-order valence-corrected chi connectivity index (χ4v) is 2.14. The van der Waals surface area contributed by atoms with Gasteiger partial charge in [0.15, 0.2) is 29.2 Å². The van der Waals surface area contributed by atoms with E-state index in [1.807, 2.05) is 0 Å². The molecule has 0 saturated heterocycles. The average molecular weight is 398 g/mol. The van der Waals surface area contributed by atoms with Crippen LogP contribution >= 0.6 is 0 Å². The molecule has 2 rings (SSSR count). The Bertz CT molecular complexity index is 848. The maximum absolute atomic E-state index is 13.6. The van der Waals surface area contributed by atoms with Crippen molar-refractivity contribution in [3.63, 3.8) is 0 Å². The molecule has 0 saturated carbocycles. The highest BCUT2D eigenvalue weighted by atomic mass is 19.3. The third-order valence-corrected chi connectivity index (χ3v) is 3.46. The van der Waals surface area contributed by atoms with Crippen LogP contribution in [-0.2, 0) is 4.79 Å². The van der Waals surface area contributed by atoms with Gasteiger partial charge in [0.05, 0.1) is 12.7 Å². The Kier molecular flexibility index (Phi) is 7.08. The molecular weight excluding hydrogens is 381 g/mol. The van der Waals surface area contributed by atoms with Crippen LogP contribution in [0.3, 0.4) is 0 Å². The summed E-state index contributed by atoms with van der Waals surface area (Å²) in [6, 6.07) is 9.41. The second-order valence-electron chi connectivity index (χ2n) is 5.35. The summed E-state index contributed by atoms with van der Waals surface area (Å²) in [4.78, 5) is 24.3. The highest BCUT2D eigenvalue weighted by Crippen LogP contribution is 2.32. The van der Waals surface area contributed by atoms with Crippen molar-refractivity contribution in [2.45, 2.75) is 19.6 Å². The van der Waals surface area contributed by atoms with Gasteiger partial charge in [-0.05, 0) is 31.2 Å². The summed E-state index contributed by atoms with van der Waals surface area (Å²) in [7, 11) is 1.22. The Morgan fingerprint density at radius 3 is 2.29 bits per heavy atom. The van der Waals surface area contributed by atoms with Crippen LogP contribution in [0.1, 0.15) is 17.3 Å². The van der Waals surface area contributed by atoms with Crippen molar-refractivity contribution in [3.05, 3.63) is 53.8 Å². The second-order valence-corrected chi connectivity index (χ2v) is 5.35. The molecule has 7 nitrogen and oxygen atoms in total. The zero-order valence-corrected chi connectivity index (χ0v) is 14.9. The molecule has 1 unspecified atom stereocenters. The number of nitrogens with one attached hydrogen (secondary N) is 2. The first kappa shape index (κ1) is 20.9. The number of methoxy groups -OCH3 is 1. The van der Waals surface area contributed by atoms with E-state index in [-0.39, 0.29) is 17.1 Å². The van der Waals surface area contributed by atoms with E-state index in [0.717, 1.165) is 6.07 Å². The highest BCUT2D eigenvalue weighted by molar-refractivity contribution is 5.99. The summed E-state index contributed by atoms with van der Waals surface area (Å²) >= 11 is 0. The molecule has 2 N–H and O–H groups in total. The molecule has 10 heteroatoms. The molecule has 2 aromatic carbocycles. The van der Waals surface area contributed by atoms with Crippen LogP contribution < -0.4 is 25.1 Å². The summed E-state index contributed by atoms with van der Waals surface area (Å²) in [5.41, 5.74) is 3.83. The summed E-state index contributed by atoms with van der Waals surface area (Å²) in [5.74, 6) is -3.09. The van der Waals surface area contributed by atoms with Crippen molar-refractivity contribution < 1.29 is 37.0 Å². The molecule has 0 spiro atoms. The van der Waals surface area contributed by atoms with E-state index in [1.165, 1.54) is 50.4 Å².